The summed E-state index contributed by atoms with van der Waals surface area (Å²) in [4.78, 5) is 0. The van der Waals surface area contributed by atoms with E-state index in [0.717, 1.165) is 22.2 Å². The van der Waals surface area contributed by atoms with Crippen LogP contribution < -0.4 is 4.74 Å². The Labute approximate surface area is 115 Å². The van der Waals surface area contributed by atoms with Crippen LogP contribution in [0.4, 0.5) is 0 Å². The zero-order valence-corrected chi connectivity index (χ0v) is 12.3. The minimum absolute atomic E-state index is 0.0191. The van der Waals surface area contributed by atoms with E-state index in [1.165, 1.54) is 0 Å². The lowest BCUT2D eigenvalue weighted by molar-refractivity contribution is -0.0759. The summed E-state index contributed by atoms with van der Waals surface area (Å²) in [5.41, 5.74) is 1.16. The first-order valence-electron chi connectivity index (χ1n) is 5.80. The summed E-state index contributed by atoms with van der Waals surface area (Å²) in [6.07, 6.45) is 0.949. The van der Waals surface area contributed by atoms with Gasteiger partial charge >= 0.3 is 0 Å². The lowest BCUT2D eigenvalue weighted by atomic mass is 9.91. The molecular weight excluding hydrogens is 303 g/mol. The fourth-order valence-electron chi connectivity index (χ4n) is 1.91. The smallest absolute Gasteiger partial charge is 0.128 e. The normalized spacial score (nSPS) is 27.6. The number of benzene rings is 1. The predicted molar refractivity (Wildman–Crippen MR) is 73.0 cm³/mol. The van der Waals surface area contributed by atoms with Crippen molar-refractivity contribution >= 4 is 27.5 Å². The van der Waals surface area contributed by atoms with Gasteiger partial charge in [0, 0.05) is 17.5 Å². The molecule has 0 heterocycles. The van der Waals surface area contributed by atoms with Crippen molar-refractivity contribution < 1.29 is 9.47 Å². The van der Waals surface area contributed by atoms with Crippen molar-refractivity contribution in [1.82, 2.24) is 0 Å². The SMILES string of the molecule is CCOC1C(Cl)CC1Oc1ccc(Br)c(C)c1. The molecule has 0 aliphatic heterocycles. The maximum Gasteiger partial charge on any atom is 0.128 e. The highest BCUT2D eigenvalue weighted by Crippen LogP contribution is 2.33. The lowest BCUT2D eigenvalue weighted by Crippen LogP contribution is -2.52. The number of halogens is 2. The molecule has 1 aromatic rings. The van der Waals surface area contributed by atoms with Crippen molar-refractivity contribution in [3.8, 4) is 5.75 Å². The van der Waals surface area contributed by atoms with Crippen LogP contribution in [0.5, 0.6) is 5.75 Å². The number of aryl methyl sites for hydroxylation is 1. The Hall–Kier alpha value is -0.250. The van der Waals surface area contributed by atoms with Crippen LogP contribution in [-0.2, 0) is 4.74 Å². The van der Waals surface area contributed by atoms with Gasteiger partial charge in [-0.25, -0.2) is 0 Å². The highest BCUT2D eigenvalue weighted by atomic mass is 79.9. The van der Waals surface area contributed by atoms with E-state index in [1.54, 1.807) is 0 Å². The summed E-state index contributed by atoms with van der Waals surface area (Å²) in [6, 6.07) is 5.98. The predicted octanol–water partition coefficient (Wildman–Crippen LogP) is 3.92. The van der Waals surface area contributed by atoms with Gasteiger partial charge in [-0.1, -0.05) is 15.9 Å². The van der Waals surface area contributed by atoms with Crippen molar-refractivity contribution in [1.29, 1.82) is 0 Å². The van der Waals surface area contributed by atoms with Crippen LogP contribution in [0.15, 0.2) is 22.7 Å². The van der Waals surface area contributed by atoms with Crippen LogP contribution >= 0.6 is 27.5 Å². The molecule has 0 aromatic heterocycles. The fraction of sp³-hybridized carbons (Fsp3) is 0.538. The van der Waals surface area contributed by atoms with E-state index in [1.807, 2.05) is 32.0 Å². The number of hydrogen-bond acceptors (Lipinski definition) is 2. The lowest BCUT2D eigenvalue weighted by Gasteiger charge is -2.40. The Morgan fingerprint density at radius 2 is 2.24 bits per heavy atom. The van der Waals surface area contributed by atoms with Gasteiger partial charge in [0.15, 0.2) is 0 Å². The van der Waals surface area contributed by atoms with E-state index in [2.05, 4.69) is 15.9 Å². The largest absolute Gasteiger partial charge is 0.488 e. The van der Waals surface area contributed by atoms with Gasteiger partial charge < -0.3 is 9.47 Å². The van der Waals surface area contributed by atoms with Gasteiger partial charge in [0.1, 0.15) is 18.0 Å². The molecule has 1 aliphatic rings. The van der Waals surface area contributed by atoms with Crippen molar-refractivity contribution in [3.05, 3.63) is 28.2 Å². The molecule has 0 radical (unpaired) electrons. The maximum atomic E-state index is 6.10. The van der Waals surface area contributed by atoms with Gasteiger partial charge in [-0.15, -0.1) is 11.6 Å². The van der Waals surface area contributed by atoms with E-state index < -0.39 is 0 Å². The van der Waals surface area contributed by atoms with Crippen molar-refractivity contribution in [2.24, 2.45) is 0 Å². The van der Waals surface area contributed by atoms with Gasteiger partial charge in [-0.05, 0) is 37.6 Å². The van der Waals surface area contributed by atoms with Crippen molar-refractivity contribution in [2.75, 3.05) is 6.61 Å². The van der Waals surface area contributed by atoms with Gasteiger partial charge in [0.05, 0.1) is 5.38 Å². The Bertz CT molecular complexity index is 397. The second-order valence-corrected chi connectivity index (χ2v) is 5.65. The Morgan fingerprint density at radius 1 is 1.47 bits per heavy atom. The summed E-state index contributed by atoms with van der Waals surface area (Å²) in [7, 11) is 0. The summed E-state index contributed by atoms with van der Waals surface area (Å²) < 4.78 is 12.5. The molecule has 0 bridgehead atoms. The number of ether oxygens (including phenoxy) is 2. The van der Waals surface area contributed by atoms with E-state index in [0.29, 0.717) is 6.61 Å². The topological polar surface area (TPSA) is 18.5 Å². The summed E-state index contributed by atoms with van der Waals surface area (Å²) in [5, 5.41) is 0.0801. The third kappa shape index (κ3) is 2.95. The molecule has 3 atom stereocenters. The summed E-state index contributed by atoms with van der Waals surface area (Å²) in [6.45, 7) is 4.69. The molecule has 1 fully saturated rings. The van der Waals surface area contributed by atoms with Crippen molar-refractivity contribution in [2.45, 2.75) is 37.9 Å². The second kappa shape index (κ2) is 5.59. The molecule has 3 unspecified atom stereocenters. The highest BCUT2D eigenvalue weighted by molar-refractivity contribution is 9.10. The standard InChI is InChI=1S/C13H16BrClO2/c1-3-16-13-11(15)7-12(13)17-9-4-5-10(14)8(2)6-9/h4-6,11-13H,3,7H2,1-2H3. The quantitative estimate of drug-likeness (QED) is 0.783. The molecule has 2 rings (SSSR count). The Kier molecular flexibility index (Phi) is 4.34. The van der Waals surface area contributed by atoms with E-state index in [9.17, 15) is 0 Å². The average molecular weight is 320 g/mol. The molecule has 1 saturated carbocycles. The van der Waals surface area contributed by atoms with Crippen LogP contribution in [0.2, 0.25) is 0 Å². The first-order valence-corrected chi connectivity index (χ1v) is 7.03. The fourth-order valence-corrected chi connectivity index (χ4v) is 2.57. The second-order valence-electron chi connectivity index (χ2n) is 4.24. The molecule has 4 heteroatoms. The molecule has 0 amide bonds. The Morgan fingerprint density at radius 3 is 2.82 bits per heavy atom. The zero-order chi connectivity index (χ0) is 12.4. The number of alkyl halides is 1. The number of rotatable bonds is 4. The third-order valence-corrected chi connectivity index (χ3v) is 4.27. The van der Waals surface area contributed by atoms with E-state index in [4.69, 9.17) is 21.1 Å². The summed E-state index contributed by atoms with van der Waals surface area (Å²) in [5.74, 6) is 0.879. The average Bonchev–Trinajstić information content (AvgIpc) is 2.30. The minimum atomic E-state index is 0.0191. The van der Waals surface area contributed by atoms with Gasteiger partial charge in [-0.2, -0.15) is 0 Å². The van der Waals surface area contributed by atoms with Gasteiger partial charge in [0.2, 0.25) is 0 Å². The molecule has 0 N–H and O–H groups in total. The third-order valence-electron chi connectivity index (χ3n) is 2.96. The molecule has 1 aromatic carbocycles. The summed E-state index contributed by atoms with van der Waals surface area (Å²) >= 11 is 9.57. The molecule has 94 valence electrons. The van der Waals surface area contributed by atoms with Gasteiger partial charge in [0.25, 0.3) is 0 Å². The van der Waals surface area contributed by atoms with Crippen LogP contribution in [-0.4, -0.2) is 24.2 Å². The maximum absolute atomic E-state index is 6.10. The van der Waals surface area contributed by atoms with E-state index >= 15 is 0 Å². The van der Waals surface area contributed by atoms with E-state index in [-0.39, 0.29) is 17.6 Å². The molecule has 0 spiro atoms. The van der Waals surface area contributed by atoms with Crippen LogP contribution in [0, 0.1) is 6.92 Å². The molecule has 17 heavy (non-hydrogen) atoms. The molecular formula is C13H16BrClO2. The molecule has 0 saturated heterocycles. The first-order chi connectivity index (χ1) is 8.11. The highest BCUT2D eigenvalue weighted by Gasteiger charge is 2.42. The Balaban J connectivity index is 1.99. The first kappa shape index (κ1) is 13.2. The van der Waals surface area contributed by atoms with Crippen LogP contribution in [0.25, 0.3) is 0 Å². The van der Waals surface area contributed by atoms with Gasteiger partial charge in [-0.3, -0.25) is 0 Å². The van der Waals surface area contributed by atoms with Crippen LogP contribution in [0.3, 0.4) is 0 Å². The van der Waals surface area contributed by atoms with Crippen LogP contribution in [0.1, 0.15) is 18.9 Å². The minimum Gasteiger partial charge on any atom is -0.488 e. The zero-order valence-electron chi connectivity index (χ0n) is 9.95. The number of hydrogen-bond donors (Lipinski definition) is 0. The molecule has 2 nitrogen and oxygen atoms in total. The monoisotopic (exact) mass is 318 g/mol. The molecule has 1 aliphatic carbocycles. The van der Waals surface area contributed by atoms with Crippen molar-refractivity contribution in [3.63, 3.8) is 0 Å².